The Bertz CT molecular complexity index is 869. The summed E-state index contributed by atoms with van der Waals surface area (Å²) in [6.07, 6.45) is 1.53. The summed E-state index contributed by atoms with van der Waals surface area (Å²) in [5.74, 6) is 0.303. The molecule has 0 aliphatic rings. The molecule has 5 nitrogen and oxygen atoms in total. The number of nitrogens with one attached hydrogen (secondary N) is 1. The predicted octanol–water partition coefficient (Wildman–Crippen LogP) is 3.86. The number of rotatable bonds is 4. The molecule has 0 bridgehead atoms. The van der Waals surface area contributed by atoms with Crippen LogP contribution < -0.4 is 10.2 Å². The highest BCUT2D eigenvalue weighted by Gasteiger charge is 2.14. The Morgan fingerprint density at radius 2 is 2.04 bits per heavy atom. The first-order valence-corrected chi connectivity index (χ1v) is 7.20. The van der Waals surface area contributed by atoms with Crippen LogP contribution in [0.3, 0.4) is 0 Å². The van der Waals surface area contributed by atoms with Gasteiger partial charge in [-0.2, -0.15) is 5.10 Å². The molecule has 0 unspecified atom stereocenters. The molecule has 3 aromatic rings. The first kappa shape index (κ1) is 15.1. The van der Waals surface area contributed by atoms with Crippen LogP contribution in [0.25, 0.3) is 11.0 Å². The lowest BCUT2D eigenvalue weighted by Crippen LogP contribution is -2.16. The highest BCUT2D eigenvalue weighted by molar-refractivity contribution is 6.30. The van der Waals surface area contributed by atoms with E-state index >= 15 is 0 Å². The van der Waals surface area contributed by atoms with Crippen LogP contribution in [0, 0.1) is 0 Å². The number of hydrogen-bond acceptors (Lipinski definition) is 4. The third-order valence-electron chi connectivity index (χ3n) is 3.20. The Kier molecular flexibility index (Phi) is 4.30. The lowest BCUT2D eigenvalue weighted by Gasteiger charge is -1.98. The first-order valence-electron chi connectivity index (χ1n) is 6.83. The molecule has 3 rings (SSSR count). The van der Waals surface area contributed by atoms with Crippen molar-refractivity contribution in [1.82, 2.24) is 5.43 Å². The van der Waals surface area contributed by atoms with Crippen LogP contribution in [0.5, 0.6) is 5.75 Å². The first-order chi connectivity index (χ1) is 11.2. The normalized spacial score (nSPS) is 11.0. The van der Waals surface area contributed by atoms with E-state index in [-0.39, 0.29) is 5.76 Å². The molecule has 0 spiro atoms. The number of hydrazone groups is 1. The number of hydrogen-bond donors (Lipinski definition) is 1. The number of furan rings is 1. The van der Waals surface area contributed by atoms with Crippen molar-refractivity contribution in [2.45, 2.75) is 0 Å². The van der Waals surface area contributed by atoms with E-state index in [0.717, 1.165) is 10.9 Å². The molecule has 0 aliphatic heterocycles. The quantitative estimate of drug-likeness (QED) is 0.584. The van der Waals surface area contributed by atoms with Gasteiger partial charge in [0.05, 0.1) is 13.3 Å². The van der Waals surface area contributed by atoms with Gasteiger partial charge in [-0.05, 0) is 29.8 Å². The fourth-order valence-corrected chi connectivity index (χ4v) is 2.20. The van der Waals surface area contributed by atoms with Gasteiger partial charge in [-0.3, -0.25) is 4.79 Å². The van der Waals surface area contributed by atoms with Gasteiger partial charge in [-0.25, -0.2) is 5.43 Å². The van der Waals surface area contributed by atoms with Crippen LogP contribution in [0.1, 0.15) is 16.1 Å². The third-order valence-corrected chi connectivity index (χ3v) is 3.45. The Morgan fingerprint density at radius 3 is 2.78 bits per heavy atom. The van der Waals surface area contributed by atoms with E-state index < -0.39 is 5.91 Å². The maximum absolute atomic E-state index is 12.1. The standard InChI is InChI=1S/C17H13ClN2O3/c1-22-14-4-2-3-12-9-15(23-16(12)14)17(21)20-19-10-11-5-7-13(18)8-6-11/h2-10H,1H3,(H,20,21)/b19-10+. The van der Waals surface area contributed by atoms with Gasteiger partial charge >= 0.3 is 5.91 Å². The molecule has 0 saturated carbocycles. The molecule has 116 valence electrons. The van der Waals surface area contributed by atoms with Gasteiger partial charge in [0.2, 0.25) is 0 Å². The van der Waals surface area contributed by atoms with Crippen molar-refractivity contribution < 1.29 is 13.9 Å². The SMILES string of the molecule is COc1cccc2cc(C(=O)N/N=C/c3ccc(Cl)cc3)oc12. The van der Waals surface area contributed by atoms with Crippen LogP contribution in [0.4, 0.5) is 0 Å². The van der Waals surface area contributed by atoms with Crippen LogP contribution in [0.2, 0.25) is 5.02 Å². The minimum Gasteiger partial charge on any atom is -0.493 e. The molecule has 0 fully saturated rings. The van der Waals surface area contributed by atoms with Gasteiger partial charge in [0.1, 0.15) is 0 Å². The molecule has 0 aliphatic carbocycles. The van der Waals surface area contributed by atoms with Gasteiger partial charge in [0.25, 0.3) is 0 Å². The predicted molar refractivity (Wildman–Crippen MR) is 89.3 cm³/mol. The average Bonchev–Trinajstić information content (AvgIpc) is 3.01. The van der Waals surface area contributed by atoms with Crippen LogP contribution >= 0.6 is 11.6 Å². The van der Waals surface area contributed by atoms with Crippen molar-refractivity contribution in [3.8, 4) is 5.75 Å². The van der Waals surface area contributed by atoms with E-state index in [0.29, 0.717) is 16.4 Å². The van der Waals surface area contributed by atoms with E-state index in [2.05, 4.69) is 10.5 Å². The van der Waals surface area contributed by atoms with Crippen LogP contribution in [-0.4, -0.2) is 19.2 Å². The molecule has 1 amide bonds. The molecular weight excluding hydrogens is 316 g/mol. The summed E-state index contributed by atoms with van der Waals surface area (Å²) in [5, 5.41) is 5.33. The minimum atomic E-state index is -0.437. The number of halogens is 1. The van der Waals surface area contributed by atoms with Gasteiger partial charge < -0.3 is 9.15 Å². The third kappa shape index (κ3) is 3.35. The molecule has 0 atom stereocenters. The molecule has 1 N–H and O–H groups in total. The van der Waals surface area contributed by atoms with Gasteiger partial charge in [0.15, 0.2) is 17.1 Å². The molecule has 0 saturated heterocycles. The fourth-order valence-electron chi connectivity index (χ4n) is 2.08. The lowest BCUT2D eigenvalue weighted by molar-refractivity contribution is 0.0929. The summed E-state index contributed by atoms with van der Waals surface area (Å²) < 4.78 is 10.7. The molecule has 1 aromatic heterocycles. The van der Waals surface area contributed by atoms with Crippen LogP contribution in [0.15, 0.2) is 58.0 Å². The second kappa shape index (κ2) is 6.54. The highest BCUT2D eigenvalue weighted by Crippen LogP contribution is 2.28. The molecule has 6 heteroatoms. The van der Waals surface area contributed by atoms with Crippen molar-refractivity contribution in [2.75, 3.05) is 7.11 Å². The number of nitrogens with zero attached hydrogens (tertiary/aromatic N) is 1. The van der Waals surface area contributed by atoms with Crippen molar-refractivity contribution in [2.24, 2.45) is 5.10 Å². The number of ether oxygens (including phenoxy) is 1. The summed E-state index contributed by atoms with van der Waals surface area (Å²) in [6, 6.07) is 14.2. The Hall–Kier alpha value is -2.79. The largest absolute Gasteiger partial charge is 0.493 e. The van der Waals surface area contributed by atoms with E-state index in [1.807, 2.05) is 12.1 Å². The van der Waals surface area contributed by atoms with E-state index in [9.17, 15) is 4.79 Å². The number of para-hydroxylation sites is 1. The zero-order valence-corrected chi connectivity index (χ0v) is 13.0. The number of fused-ring (bicyclic) bond motifs is 1. The van der Waals surface area contributed by atoms with Crippen molar-refractivity contribution in [1.29, 1.82) is 0 Å². The second-order valence-electron chi connectivity index (χ2n) is 4.74. The zero-order valence-electron chi connectivity index (χ0n) is 12.2. The van der Waals surface area contributed by atoms with Crippen molar-refractivity contribution in [3.63, 3.8) is 0 Å². The number of carbonyl (C=O) groups excluding carboxylic acids is 1. The van der Waals surface area contributed by atoms with E-state index in [4.69, 9.17) is 20.8 Å². The summed E-state index contributed by atoms with van der Waals surface area (Å²) in [4.78, 5) is 12.1. The smallest absolute Gasteiger partial charge is 0.307 e. The van der Waals surface area contributed by atoms with Crippen molar-refractivity contribution >= 4 is 34.7 Å². The monoisotopic (exact) mass is 328 g/mol. The van der Waals surface area contributed by atoms with Gasteiger partial charge in [-0.15, -0.1) is 0 Å². The lowest BCUT2D eigenvalue weighted by atomic mass is 10.2. The average molecular weight is 329 g/mol. The second-order valence-corrected chi connectivity index (χ2v) is 5.18. The summed E-state index contributed by atoms with van der Waals surface area (Å²) in [7, 11) is 1.55. The Balaban J connectivity index is 1.74. The number of amides is 1. The highest BCUT2D eigenvalue weighted by atomic mass is 35.5. The fraction of sp³-hybridized carbons (Fsp3) is 0.0588. The molecule has 0 radical (unpaired) electrons. The zero-order chi connectivity index (χ0) is 16.2. The molecule has 1 heterocycles. The maximum Gasteiger partial charge on any atom is 0.307 e. The Morgan fingerprint density at radius 1 is 1.26 bits per heavy atom. The van der Waals surface area contributed by atoms with Gasteiger partial charge in [0, 0.05) is 10.4 Å². The number of carbonyl (C=O) groups is 1. The molecular formula is C17H13ClN2O3. The van der Waals surface area contributed by atoms with Crippen molar-refractivity contribution in [3.05, 3.63) is 64.9 Å². The maximum atomic E-state index is 12.1. The van der Waals surface area contributed by atoms with E-state index in [1.165, 1.54) is 6.21 Å². The molecule has 2 aromatic carbocycles. The Labute approximate surface area is 137 Å². The topological polar surface area (TPSA) is 63.8 Å². The summed E-state index contributed by atoms with van der Waals surface area (Å²) in [5.41, 5.74) is 3.77. The summed E-state index contributed by atoms with van der Waals surface area (Å²) >= 11 is 5.80. The van der Waals surface area contributed by atoms with Crippen LogP contribution in [-0.2, 0) is 0 Å². The molecule has 23 heavy (non-hydrogen) atoms. The minimum absolute atomic E-state index is 0.165. The summed E-state index contributed by atoms with van der Waals surface area (Å²) in [6.45, 7) is 0. The number of methoxy groups -OCH3 is 1. The van der Waals surface area contributed by atoms with Gasteiger partial charge in [-0.1, -0.05) is 35.9 Å². The van der Waals surface area contributed by atoms with E-state index in [1.54, 1.807) is 43.5 Å². The number of benzene rings is 2.